The Morgan fingerprint density at radius 1 is 1.00 bits per heavy atom. The van der Waals surface area contributed by atoms with Crippen LogP contribution in [-0.4, -0.2) is 5.66 Å². The molecule has 0 saturated heterocycles. The van der Waals surface area contributed by atoms with Crippen molar-refractivity contribution in [1.82, 2.24) is 0 Å². The second kappa shape index (κ2) is 10.7. The molecule has 0 saturated carbocycles. The maximum absolute atomic E-state index is 2.95. The van der Waals surface area contributed by atoms with Crippen molar-refractivity contribution in [3.63, 3.8) is 0 Å². The molecule has 0 heterocycles. The average molecular weight is 197 g/mol. The third kappa shape index (κ3) is 10.7. The van der Waals surface area contributed by atoms with E-state index in [0.29, 0.717) is 0 Å². The van der Waals surface area contributed by atoms with Crippen molar-refractivity contribution in [3.05, 3.63) is 0 Å². The molecule has 0 aromatic rings. The van der Waals surface area contributed by atoms with Crippen molar-refractivity contribution < 1.29 is 0 Å². The monoisotopic (exact) mass is 196 g/mol. The number of hydrogen-bond donors (Lipinski definition) is 0. The molecule has 2 heteroatoms. The molecule has 2 atom stereocenters. The molecule has 0 rings (SSSR count). The lowest BCUT2D eigenvalue weighted by Crippen LogP contribution is -1.95. The molecule has 70 valence electrons. The third-order valence-corrected chi connectivity index (χ3v) is 2.50. The molecule has 11 heavy (non-hydrogen) atoms. The fourth-order valence-corrected chi connectivity index (χ4v) is 1.74. The van der Waals surface area contributed by atoms with E-state index in [1.165, 1.54) is 38.5 Å². The van der Waals surface area contributed by atoms with E-state index in [0.717, 1.165) is 5.66 Å². The van der Waals surface area contributed by atoms with Crippen molar-refractivity contribution in [2.75, 3.05) is 0 Å². The van der Waals surface area contributed by atoms with Gasteiger partial charge >= 0.3 is 0 Å². The quantitative estimate of drug-likeness (QED) is 0.445. The lowest BCUT2D eigenvalue weighted by Gasteiger charge is -2.07. The molecular weight excluding hydrogens is 175 g/mol. The Labute approximate surface area is 80.1 Å². The first-order chi connectivity index (χ1) is 4.81. The Morgan fingerprint density at radius 2 is 1.64 bits per heavy atom. The van der Waals surface area contributed by atoms with E-state index in [1.54, 1.807) is 0 Å². The lowest BCUT2D eigenvalue weighted by molar-refractivity contribution is 0.614. The molecular formula is C9H22ClP. The zero-order valence-corrected chi connectivity index (χ0v) is 9.78. The van der Waals surface area contributed by atoms with Crippen LogP contribution in [-0.2, 0) is 0 Å². The van der Waals surface area contributed by atoms with Crippen LogP contribution in [0.5, 0.6) is 0 Å². The van der Waals surface area contributed by atoms with Gasteiger partial charge in [-0.15, -0.1) is 21.6 Å². The predicted octanol–water partition coefficient (Wildman–Crippen LogP) is 4.03. The van der Waals surface area contributed by atoms with Crippen molar-refractivity contribution in [3.8, 4) is 0 Å². The molecule has 0 spiro atoms. The van der Waals surface area contributed by atoms with Gasteiger partial charge in [0.25, 0.3) is 0 Å². The average Bonchev–Trinajstić information content (AvgIpc) is 1.89. The number of halogens is 1. The highest BCUT2D eigenvalue weighted by Crippen LogP contribution is 2.15. The summed E-state index contributed by atoms with van der Waals surface area (Å²) in [5, 5.41) is 0. The summed E-state index contributed by atoms with van der Waals surface area (Å²) in [6.07, 6.45) is 8.31. The first-order valence-electron chi connectivity index (χ1n) is 4.56. The van der Waals surface area contributed by atoms with Crippen LogP contribution >= 0.6 is 21.6 Å². The minimum absolute atomic E-state index is 0. The third-order valence-electron chi connectivity index (χ3n) is 1.84. The molecule has 0 aliphatic carbocycles. The van der Waals surface area contributed by atoms with E-state index in [-0.39, 0.29) is 12.4 Å². The van der Waals surface area contributed by atoms with Gasteiger partial charge in [-0.3, -0.25) is 0 Å². The first kappa shape index (κ1) is 14.3. The van der Waals surface area contributed by atoms with Gasteiger partial charge in [0.1, 0.15) is 0 Å². The van der Waals surface area contributed by atoms with E-state index in [9.17, 15) is 0 Å². The van der Waals surface area contributed by atoms with Crippen LogP contribution in [0.15, 0.2) is 0 Å². The Hall–Kier alpha value is 0.720. The maximum atomic E-state index is 2.95. The fourth-order valence-electron chi connectivity index (χ4n) is 1.17. The van der Waals surface area contributed by atoms with Gasteiger partial charge in [-0.25, -0.2) is 0 Å². The standard InChI is InChI=1S/C9H21P.ClH/c1-3-5-6-8-9(10)7-4-2;/h9H,3-8,10H2,1-2H3;1H. The molecule has 2 unspecified atom stereocenters. The molecule has 0 aromatic carbocycles. The zero-order valence-electron chi connectivity index (χ0n) is 7.81. The van der Waals surface area contributed by atoms with Crippen molar-refractivity contribution in [2.24, 2.45) is 0 Å². The lowest BCUT2D eigenvalue weighted by atomic mass is 10.1. The van der Waals surface area contributed by atoms with Gasteiger partial charge in [-0.2, -0.15) is 0 Å². The highest BCUT2D eigenvalue weighted by atomic mass is 35.5. The van der Waals surface area contributed by atoms with Gasteiger partial charge in [-0.05, 0) is 18.5 Å². The van der Waals surface area contributed by atoms with Crippen molar-refractivity contribution in [2.45, 2.75) is 58.0 Å². The van der Waals surface area contributed by atoms with Crippen LogP contribution in [0.3, 0.4) is 0 Å². The molecule has 0 N–H and O–H groups in total. The Kier molecular flexibility index (Phi) is 13.9. The van der Waals surface area contributed by atoms with E-state index >= 15 is 0 Å². The summed E-state index contributed by atoms with van der Waals surface area (Å²) < 4.78 is 0. The first-order valence-corrected chi connectivity index (χ1v) is 5.23. The molecule has 0 radical (unpaired) electrons. The molecule has 0 aliphatic heterocycles. The summed E-state index contributed by atoms with van der Waals surface area (Å²) in [6.45, 7) is 4.52. The SMILES string of the molecule is CCCCCC(P)CCC.Cl. The minimum Gasteiger partial charge on any atom is -0.147 e. The molecule has 0 aromatic heterocycles. The normalized spacial score (nSPS) is 12.3. The predicted molar refractivity (Wildman–Crippen MR) is 59.8 cm³/mol. The van der Waals surface area contributed by atoms with Crippen LogP contribution in [0.25, 0.3) is 0 Å². The van der Waals surface area contributed by atoms with Crippen LogP contribution in [0.1, 0.15) is 52.4 Å². The number of unbranched alkanes of at least 4 members (excludes halogenated alkanes) is 2. The van der Waals surface area contributed by atoms with Gasteiger partial charge in [0.05, 0.1) is 0 Å². The van der Waals surface area contributed by atoms with Crippen LogP contribution < -0.4 is 0 Å². The zero-order chi connectivity index (χ0) is 7.82. The topological polar surface area (TPSA) is 0 Å². The van der Waals surface area contributed by atoms with Crippen LogP contribution in [0, 0.1) is 0 Å². The molecule has 0 amide bonds. The number of hydrogen-bond acceptors (Lipinski definition) is 0. The second-order valence-corrected chi connectivity index (χ2v) is 3.99. The highest BCUT2D eigenvalue weighted by molar-refractivity contribution is 7.17. The van der Waals surface area contributed by atoms with Crippen LogP contribution in [0.2, 0.25) is 0 Å². The fraction of sp³-hybridized carbons (Fsp3) is 1.00. The minimum atomic E-state index is 0. The smallest absolute Gasteiger partial charge is 0.0264 e. The van der Waals surface area contributed by atoms with Gasteiger partial charge in [0.2, 0.25) is 0 Å². The molecule has 0 aliphatic rings. The second-order valence-electron chi connectivity index (χ2n) is 3.04. The summed E-state index contributed by atoms with van der Waals surface area (Å²) in [4.78, 5) is 0. The summed E-state index contributed by atoms with van der Waals surface area (Å²) in [5.41, 5.74) is 0.886. The van der Waals surface area contributed by atoms with E-state index in [2.05, 4.69) is 23.1 Å². The van der Waals surface area contributed by atoms with Gasteiger partial charge in [0.15, 0.2) is 0 Å². The van der Waals surface area contributed by atoms with E-state index < -0.39 is 0 Å². The highest BCUT2D eigenvalue weighted by Gasteiger charge is 1.98. The van der Waals surface area contributed by atoms with Crippen LogP contribution in [0.4, 0.5) is 0 Å². The van der Waals surface area contributed by atoms with Gasteiger partial charge in [0, 0.05) is 0 Å². The summed E-state index contributed by atoms with van der Waals surface area (Å²) in [5.74, 6) is 0. The summed E-state index contributed by atoms with van der Waals surface area (Å²) in [7, 11) is 2.95. The Morgan fingerprint density at radius 3 is 2.09 bits per heavy atom. The van der Waals surface area contributed by atoms with E-state index in [4.69, 9.17) is 0 Å². The molecule has 0 fully saturated rings. The largest absolute Gasteiger partial charge is 0.147 e. The van der Waals surface area contributed by atoms with Crippen molar-refractivity contribution >= 4 is 21.6 Å². The molecule has 0 nitrogen and oxygen atoms in total. The Bertz CT molecular complexity index is 66.6. The van der Waals surface area contributed by atoms with Gasteiger partial charge in [-0.1, -0.05) is 39.5 Å². The van der Waals surface area contributed by atoms with E-state index in [1.807, 2.05) is 0 Å². The van der Waals surface area contributed by atoms with Gasteiger partial charge < -0.3 is 0 Å². The summed E-state index contributed by atoms with van der Waals surface area (Å²) in [6, 6.07) is 0. The number of rotatable bonds is 6. The maximum Gasteiger partial charge on any atom is -0.0264 e. The molecule has 0 bridgehead atoms. The van der Waals surface area contributed by atoms with Crippen molar-refractivity contribution in [1.29, 1.82) is 0 Å². The Balaban J connectivity index is 0. The summed E-state index contributed by atoms with van der Waals surface area (Å²) >= 11 is 0.